The highest BCUT2D eigenvalue weighted by Gasteiger charge is 2.19. The molecule has 2 aromatic rings. The van der Waals surface area contributed by atoms with Gasteiger partial charge in [0.05, 0.1) is 19.2 Å². The Morgan fingerprint density at radius 3 is 2.25 bits per heavy atom. The second kappa shape index (κ2) is 6.11. The number of hydrogen-bond donors (Lipinski definition) is 1. The van der Waals surface area contributed by atoms with Gasteiger partial charge >= 0.3 is 0 Å². The molecule has 0 heterocycles. The van der Waals surface area contributed by atoms with Crippen molar-refractivity contribution in [2.24, 2.45) is 0 Å². The molecule has 2 rings (SSSR count). The smallest absolute Gasteiger partial charge is 0.179 e. The highest BCUT2D eigenvalue weighted by Crippen LogP contribution is 2.40. The van der Waals surface area contributed by atoms with Gasteiger partial charge in [0.2, 0.25) is 0 Å². The first-order valence-electron chi connectivity index (χ1n) is 5.92. The Morgan fingerprint density at radius 1 is 1.05 bits per heavy atom. The fourth-order valence-corrected chi connectivity index (χ4v) is 2.28. The normalized spacial score (nSPS) is 12.1. The molecule has 0 bridgehead atoms. The molecule has 2 aromatic carbocycles. The number of rotatable bonds is 4. The van der Waals surface area contributed by atoms with Gasteiger partial charge in [-0.2, -0.15) is 0 Å². The van der Waals surface area contributed by atoms with E-state index in [1.54, 1.807) is 12.1 Å². The molecule has 0 aliphatic heterocycles. The topological polar surface area (TPSA) is 38.7 Å². The van der Waals surface area contributed by atoms with Crippen LogP contribution in [0, 0.1) is 5.82 Å². The number of benzene rings is 2. The summed E-state index contributed by atoms with van der Waals surface area (Å²) in [6.45, 7) is 0. The van der Waals surface area contributed by atoms with Crippen molar-refractivity contribution in [2.75, 3.05) is 14.2 Å². The number of ether oxygens (including phenoxy) is 2. The minimum atomic E-state index is -0.970. The predicted molar refractivity (Wildman–Crippen MR) is 75.0 cm³/mol. The summed E-state index contributed by atoms with van der Waals surface area (Å²) in [7, 11) is 2.97. The molecule has 106 valence electrons. The Balaban J connectivity index is 2.44. The summed E-state index contributed by atoms with van der Waals surface area (Å²) in [5.74, 6) is 0.472. The summed E-state index contributed by atoms with van der Waals surface area (Å²) >= 11 is 6.23. The van der Waals surface area contributed by atoms with E-state index in [2.05, 4.69) is 0 Å². The minimum Gasteiger partial charge on any atom is -0.493 e. The van der Waals surface area contributed by atoms with E-state index in [1.165, 1.54) is 38.5 Å². The van der Waals surface area contributed by atoms with Crippen LogP contribution < -0.4 is 9.47 Å². The molecular formula is C15H14ClFO3. The first-order valence-corrected chi connectivity index (χ1v) is 6.30. The molecule has 0 fully saturated rings. The number of methoxy groups -OCH3 is 2. The van der Waals surface area contributed by atoms with Gasteiger partial charge in [-0.3, -0.25) is 0 Å². The van der Waals surface area contributed by atoms with Gasteiger partial charge in [0.15, 0.2) is 11.5 Å². The fourth-order valence-electron chi connectivity index (χ4n) is 1.94. The van der Waals surface area contributed by atoms with Crippen molar-refractivity contribution in [3.8, 4) is 11.5 Å². The van der Waals surface area contributed by atoms with Gasteiger partial charge in [-0.25, -0.2) is 4.39 Å². The SMILES string of the molecule is COc1ccc(C(O)c2ccc(F)cc2)c(Cl)c1OC. The lowest BCUT2D eigenvalue weighted by molar-refractivity contribution is 0.219. The van der Waals surface area contributed by atoms with E-state index in [4.69, 9.17) is 21.1 Å². The number of halogens is 2. The number of aliphatic hydroxyl groups is 1. The zero-order valence-electron chi connectivity index (χ0n) is 11.1. The van der Waals surface area contributed by atoms with Crippen LogP contribution in [0.25, 0.3) is 0 Å². The lowest BCUT2D eigenvalue weighted by Crippen LogP contribution is -2.02. The maximum atomic E-state index is 12.9. The Bertz CT molecular complexity index is 599. The largest absolute Gasteiger partial charge is 0.493 e. The molecule has 1 unspecified atom stereocenters. The molecule has 3 nitrogen and oxygen atoms in total. The van der Waals surface area contributed by atoms with E-state index in [0.717, 1.165) is 0 Å². The maximum Gasteiger partial charge on any atom is 0.179 e. The van der Waals surface area contributed by atoms with E-state index in [0.29, 0.717) is 22.6 Å². The molecule has 1 atom stereocenters. The van der Waals surface area contributed by atoms with Crippen LogP contribution in [0.5, 0.6) is 11.5 Å². The molecule has 0 saturated carbocycles. The zero-order chi connectivity index (χ0) is 14.7. The molecule has 0 saturated heterocycles. The lowest BCUT2D eigenvalue weighted by Gasteiger charge is -2.17. The third-order valence-electron chi connectivity index (χ3n) is 3.00. The van der Waals surface area contributed by atoms with E-state index >= 15 is 0 Å². The van der Waals surface area contributed by atoms with Crippen LogP contribution in [0.3, 0.4) is 0 Å². The first kappa shape index (κ1) is 14.6. The van der Waals surface area contributed by atoms with Gasteiger partial charge in [-0.15, -0.1) is 0 Å². The molecule has 1 N–H and O–H groups in total. The zero-order valence-corrected chi connectivity index (χ0v) is 11.8. The Kier molecular flexibility index (Phi) is 4.47. The van der Waals surface area contributed by atoms with Gasteiger partial charge in [-0.1, -0.05) is 29.8 Å². The maximum absolute atomic E-state index is 12.9. The molecule has 5 heteroatoms. The van der Waals surface area contributed by atoms with Crippen LogP contribution >= 0.6 is 11.6 Å². The summed E-state index contributed by atoms with van der Waals surface area (Å²) in [6.07, 6.45) is -0.970. The van der Waals surface area contributed by atoms with Crippen LogP contribution in [-0.4, -0.2) is 19.3 Å². The summed E-state index contributed by atoms with van der Waals surface area (Å²) in [6, 6.07) is 8.89. The third kappa shape index (κ3) is 2.71. The van der Waals surface area contributed by atoms with Crippen molar-refractivity contribution >= 4 is 11.6 Å². The van der Waals surface area contributed by atoms with Crippen LogP contribution in [-0.2, 0) is 0 Å². The average molecular weight is 297 g/mol. The summed E-state index contributed by atoms with van der Waals surface area (Å²) < 4.78 is 23.2. The van der Waals surface area contributed by atoms with Crippen molar-refractivity contribution in [2.45, 2.75) is 6.10 Å². The minimum absolute atomic E-state index is 0.267. The van der Waals surface area contributed by atoms with Crippen molar-refractivity contribution in [3.05, 3.63) is 58.4 Å². The third-order valence-corrected chi connectivity index (χ3v) is 3.39. The molecule has 0 aliphatic rings. The van der Waals surface area contributed by atoms with Gasteiger partial charge in [-0.05, 0) is 23.8 Å². The number of aliphatic hydroxyl groups excluding tert-OH is 1. The first-order chi connectivity index (χ1) is 9.58. The van der Waals surface area contributed by atoms with E-state index in [1.807, 2.05) is 0 Å². The summed E-state index contributed by atoms with van der Waals surface area (Å²) in [4.78, 5) is 0. The van der Waals surface area contributed by atoms with Crippen molar-refractivity contribution in [1.29, 1.82) is 0 Å². The van der Waals surface area contributed by atoms with Crippen molar-refractivity contribution < 1.29 is 19.0 Å². The second-order valence-corrected chi connectivity index (χ2v) is 4.54. The monoisotopic (exact) mass is 296 g/mol. The van der Waals surface area contributed by atoms with Crippen LogP contribution in [0.4, 0.5) is 4.39 Å². The second-order valence-electron chi connectivity index (χ2n) is 4.16. The highest BCUT2D eigenvalue weighted by molar-refractivity contribution is 6.33. The molecule has 0 amide bonds. The molecule has 0 spiro atoms. The Hall–Kier alpha value is -1.78. The van der Waals surface area contributed by atoms with Gasteiger partial charge in [0.25, 0.3) is 0 Å². The van der Waals surface area contributed by atoms with E-state index in [9.17, 15) is 9.50 Å². The summed E-state index contributed by atoms with van der Waals surface area (Å²) in [5.41, 5.74) is 1.01. The van der Waals surface area contributed by atoms with Crippen LogP contribution in [0.15, 0.2) is 36.4 Å². The Morgan fingerprint density at radius 2 is 1.70 bits per heavy atom. The number of hydrogen-bond acceptors (Lipinski definition) is 3. The highest BCUT2D eigenvalue weighted by atomic mass is 35.5. The molecule has 20 heavy (non-hydrogen) atoms. The Labute approximate surface area is 121 Å². The van der Waals surface area contributed by atoms with Crippen molar-refractivity contribution in [3.63, 3.8) is 0 Å². The van der Waals surface area contributed by atoms with E-state index in [-0.39, 0.29) is 10.8 Å². The van der Waals surface area contributed by atoms with E-state index < -0.39 is 6.10 Å². The average Bonchev–Trinajstić information content (AvgIpc) is 2.47. The quantitative estimate of drug-likeness (QED) is 0.937. The van der Waals surface area contributed by atoms with Gasteiger partial charge in [0.1, 0.15) is 11.9 Å². The van der Waals surface area contributed by atoms with Gasteiger partial charge < -0.3 is 14.6 Å². The predicted octanol–water partition coefficient (Wildman–Crippen LogP) is 3.58. The molecular weight excluding hydrogens is 283 g/mol. The molecule has 0 aliphatic carbocycles. The molecule has 0 aromatic heterocycles. The molecule has 0 radical (unpaired) electrons. The van der Waals surface area contributed by atoms with Gasteiger partial charge in [0, 0.05) is 5.56 Å². The van der Waals surface area contributed by atoms with Crippen LogP contribution in [0.1, 0.15) is 17.2 Å². The van der Waals surface area contributed by atoms with Crippen molar-refractivity contribution in [1.82, 2.24) is 0 Å². The standard InChI is InChI=1S/C15H14ClFO3/c1-19-12-8-7-11(13(16)15(12)20-2)14(18)9-3-5-10(17)6-4-9/h3-8,14,18H,1-2H3. The lowest BCUT2D eigenvalue weighted by atomic mass is 10.0. The van der Waals surface area contributed by atoms with Crippen LogP contribution in [0.2, 0.25) is 5.02 Å². The summed E-state index contributed by atoms with van der Waals surface area (Å²) in [5, 5.41) is 10.6. The fraction of sp³-hybridized carbons (Fsp3) is 0.200.